The van der Waals surface area contributed by atoms with Crippen molar-refractivity contribution in [2.24, 2.45) is 5.92 Å². The molecular weight excluding hydrogens is 460 g/mol. The molecule has 1 aliphatic carbocycles. The summed E-state index contributed by atoms with van der Waals surface area (Å²) in [5.41, 5.74) is 5.95. The number of nitrogens with zero attached hydrogens (tertiary/aromatic N) is 6. The molecule has 2 aromatic carbocycles. The lowest BCUT2D eigenvalue weighted by atomic mass is 9.91. The second-order valence-corrected chi connectivity index (χ2v) is 10.1. The highest BCUT2D eigenvalue weighted by atomic mass is 16.2. The number of fused-ring (bicyclic) bond motifs is 2. The number of hydrogen-bond acceptors (Lipinski definition) is 5. The van der Waals surface area contributed by atoms with Crippen molar-refractivity contribution < 1.29 is 4.79 Å². The average Bonchev–Trinajstić information content (AvgIpc) is 3.41. The molecule has 0 N–H and O–H groups in total. The van der Waals surface area contributed by atoms with E-state index in [2.05, 4.69) is 55.9 Å². The molecule has 2 fully saturated rings. The van der Waals surface area contributed by atoms with Crippen LogP contribution in [0, 0.1) is 17.2 Å². The minimum atomic E-state index is -0.0724. The number of aromatic nitrogens is 4. The molecule has 0 bridgehead atoms. The van der Waals surface area contributed by atoms with Gasteiger partial charge in [-0.1, -0.05) is 24.3 Å². The molecule has 5 aromatic rings. The van der Waals surface area contributed by atoms with Crippen molar-refractivity contribution in [3.63, 3.8) is 0 Å². The van der Waals surface area contributed by atoms with Gasteiger partial charge in [-0.15, -0.1) is 0 Å². The Balaban J connectivity index is 1.21. The largest absolute Gasteiger partial charge is 0.337 e. The van der Waals surface area contributed by atoms with E-state index in [-0.39, 0.29) is 17.2 Å². The van der Waals surface area contributed by atoms with Gasteiger partial charge in [-0.05, 0) is 60.7 Å². The summed E-state index contributed by atoms with van der Waals surface area (Å²) in [5.74, 6) is 0.600. The molecule has 1 saturated carbocycles. The topological polar surface area (TPSA) is 87.2 Å². The molecule has 0 spiro atoms. The van der Waals surface area contributed by atoms with Gasteiger partial charge in [0.05, 0.1) is 29.4 Å². The lowest BCUT2D eigenvalue weighted by molar-refractivity contribution is 0.0790. The van der Waals surface area contributed by atoms with E-state index < -0.39 is 0 Å². The van der Waals surface area contributed by atoms with Crippen molar-refractivity contribution >= 4 is 22.6 Å². The van der Waals surface area contributed by atoms with Gasteiger partial charge >= 0.3 is 0 Å². The van der Waals surface area contributed by atoms with Crippen LogP contribution in [0.2, 0.25) is 0 Å². The minimum absolute atomic E-state index is 0.0176. The van der Waals surface area contributed by atoms with E-state index >= 15 is 0 Å². The zero-order valence-corrected chi connectivity index (χ0v) is 20.2. The highest BCUT2D eigenvalue weighted by Crippen LogP contribution is 2.53. The van der Waals surface area contributed by atoms with E-state index in [9.17, 15) is 4.79 Å². The van der Waals surface area contributed by atoms with Crippen LogP contribution in [0.3, 0.4) is 0 Å². The number of nitriles is 1. The molecule has 37 heavy (non-hydrogen) atoms. The predicted octanol–water partition coefficient (Wildman–Crippen LogP) is 5.01. The van der Waals surface area contributed by atoms with Gasteiger partial charge in [0.25, 0.3) is 5.91 Å². The molecule has 7 heteroatoms. The summed E-state index contributed by atoms with van der Waals surface area (Å²) < 4.78 is 2.11. The van der Waals surface area contributed by atoms with Gasteiger partial charge in [0.15, 0.2) is 0 Å². The van der Waals surface area contributed by atoms with E-state index in [1.165, 1.54) is 5.56 Å². The minimum Gasteiger partial charge on any atom is -0.337 e. The van der Waals surface area contributed by atoms with E-state index in [0.717, 1.165) is 47.0 Å². The highest BCUT2D eigenvalue weighted by Gasteiger charge is 2.48. The number of rotatable bonds is 4. The van der Waals surface area contributed by atoms with Crippen LogP contribution < -0.4 is 0 Å². The first-order chi connectivity index (χ1) is 18.1. The Labute approximate surface area is 214 Å². The monoisotopic (exact) mass is 484 g/mol. The number of likely N-dealkylation sites (tertiary alicyclic amines) is 1. The molecule has 0 unspecified atom stereocenters. The molecule has 2 aliphatic rings. The summed E-state index contributed by atoms with van der Waals surface area (Å²) in [6, 6.07) is 20.5. The third kappa shape index (κ3) is 3.56. The number of benzene rings is 2. The maximum absolute atomic E-state index is 12.9. The SMILES string of the molecule is N#C[C@H]1CCN(C(=O)c2ccc(-c3cnc4ncc(C5(c6ccc7ncccc7c6)CC5)n4c3)cc2)C1. The van der Waals surface area contributed by atoms with Crippen molar-refractivity contribution in [2.45, 2.75) is 24.7 Å². The number of pyridine rings is 1. The molecular formula is C30H24N6O. The molecule has 4 heterocycles. The van der Waals surface area contributed by atoms with Crippen molar-refractivity contribution in [2.75, 3.05) is 13.1 Å². The normalized spacial score (nSPS) is 18.2. The molecule has 1 atom stereocenters. The fourth-order valence-corrected chi connectivity index (χ4v) is 5.61. The molecule has 3 aromatic heterocycles. The Kier molecular flexibility index (Phi) is 4.83. The fourth-order valence-electron chi connectivity index (χ4n) is 5.61. The van der Waals surface area contributed by atoms with Gasteiger partial charge in [-0.3, -0.25) is 14.2 Å². The van der Waals surface area contributed by atoms with Gasteiger partial charge in [-0.25, -0.2) is 9.97 Å². The fraction of sp³-hybridized carbons (Fsp3) is 0.233. The van der Waals surface area contributed by atoms with Gasteiger partial charge in [0, 0.05) is 53.6 Å². The average molecular weight is 485 g/mol. The molecule has 1 aliphatic heterocycles. The summed E-state index contributed by atoms with van der Waals surface area (Å²) in [6.45, 7) is 1.15. The Hall–Kier alpha value is -4.57. The summed E-state index contributed by atoms with van der Waals surface area (Å²) in [4.78, 5) is 28.3. The lowest BCUT2D eigenvalue weighted by Crippen LogP contribution is -2.28. The summed E-state index contributed by atoms with van der Waals surface area (Å²) >= 11 is 0. The number of carbonyl (C=O) groups is 1. The van der Waals surface area contributed by atoms with Crippen LogP contribution >= 0.6 is 0 Å². The quantitative estimate of drug-likeness (QED) is 0.358. The first kappa shape index (κ1) is 21.7. The molecule has 1 saturated heterocycles. The first-order valence-corrected chi connectivity index (χ1v) is 12.6. The standard InChI is InChI=1S/C30H24N6O/c31-15-20-9-13-35(18-20)28(37)22-5-3-21(4-6-22)24-16-33-29-34-17-27(36(29)19-24)30(10-11-30)25-7-8-26-23(14-25)2-1-12-32-26/h1-8,12,14,16-17,19-20H,9-11,13,18H2/t20-/m1/s1. The van der Waals surface area contributed by atoms with Crippen LogP contribution in [0.4, 0.5) is 0 Å². The Morgan fingerprint density at radius 2 is 1.84 bits per heavy atom. The molecule has 7 rings (SSSR count). The van der Waals surface area contributed by atoms with Crippen molar-refractivity contribution in [1.29, 1.82) is 5.26 Å². The van der Waals surface area contributed by atoms with E-state index in [4.69, 9.17) is 5.26 Å². The number of carbonyl (C=O) groups excluding carboxylic acids is 1. The Morgan fingerprint density at radius 3 is 2.62 bits per heavy atom. The third-order valence-corrected chi connectivity index (χ3v) is 7.88. The number of imidazole rings is 1. The second-order valence-electron chi connectivity index (χ2n) is 10.1. The predicted molar refractivity (Wildman–Crippen MR) is 140 cm³/mol. The summed E-state index contributed by atoms with van der Waals surface area (Å²) in [7, 11) is 0. The Morgan fingerprint density at radius 1 is 1.00 bits per heavy atom. The first-order valence-electron chi connectivity index (χ1n) is 12.6. The van der Waals surface area contributed by atoms with Crippen molar-refractivity contribution in [3.8, 4) is 17.2 Å². The van der Waals surface area contributed by atoms with Crippen LogP contribution in [0.25, 0.3) is 27.8 Å². The van der Waals surface area contributed by atoms with Crippen molar-refractivity contribution in [3.05, 3.63) is 96.2 Å². The number of hydrogen-bond donors (Lipinski definition) is 0. The second kappa shape index (κ2) is 8.24. The van der Waals surface area contributed by atoms with Gasteiger partial charge in [-0.2, -0.15) is 5.26 Å². The van der Waals surface area contributed by atoms with Crippen LogP contribution in [-0.2, 0) is 5.41 Å². The van der Waals surface area contributed by atoms with Crippen LogP contribution in [0.1, 0.15) is 40.9 Å². The maximum Gasteiger partial charge on any atom is 0.253 e. The van der Waals surface area contributed by atoms with E-state index in [1.54, 1.807) is 4.90 Å². The molecule has 0 radical (unpaired) electrons. The van der Waals surface area contributed by atoms with Crippen LogP contribution in [-0.4, -0.2) is 43.2 Å². The molecule has 1 amide bonds. The van der Waals surface area contributed by atoms with Crippen LogP contribution in [0.5, 0.6) is 0 Å². The van der Waals surface area contributed by atoms with Crippen LogP contribution in [0.15, 0.2) is 79.4 Å². The third-order valence-electron chi connectivity index (χ3n) is 7.88. The highest BCUT2D eigenvalue weighted by molar-refractivity contribution is 5.95. The molecule has 180 valence electrons. The maximum atomic E-state index is 12.9. The van der Waals surface area contributed by atoms with Gasteiger partial charge in [0.1, 0.15) is 0 Å². The zero-order valence-electron chi connectivity index (χ0n) is 20.2. The number of amides is 1. The van der Waals surface area contributed by atoms with E-state index in [1.807, 2.05) is 48.9 Å². The summed E-state index contributed by atoms with van der Waals surface area (Å²) in [6.07, 6.45) is 10.6. The van der Waals surface area contributed by atoms with E-state index in [0.29, 0.717) is 24.4 Å². The Bertz CT molecular complexity index is 1710. The molecule has 7 nitrogen and oxygen atoms in total. The van der Waals surface area contributed by atoms with Crippen molar-refractivity contribution in [1.82, 2.24) is 24.3 Å². The van der Waals surface area contributed by atoms with Gasteiger partial charge < -0.3 is 4.90 Å². The summed E-state index contributed by atoms with van der Waals surface area (Å²) in [5, 5.41) is 10.3. The zero-order chi connectivity index (χ0) is 25.0. The lowest BCUT2D eigenvalue weighted by Gasteiger charge is -2.17. The smallest absolute Gasteiger partial charge is 0.253 e. The van der Waals surface area contributed by atoms with Gasteiger partial charge in [0.2, 0.25) is 5.78 Å².